The topological polar surface area (TPSA) is 40.5 Å². The van der Waals surface area contributed by atoms with Crippen LogP contribution in [0.25, 0.3) is 0 Å². The zero-order chi connectivity index (χ0) is 18.1. The summed E-state index contributed by atoms with van der Waals surface area (Å²) < 4.78 is 0. The van der Waals surface area contributed by atoms with Crippen molar-refractivity contribution >= 4 is 17.4 Å². The van der Waals surface area contributed by atoms with Gasteiger partial charge in [-0.05, 0) is 48.9 Å². The van der Waals surface area contributed by atoms with E-state index in [1.807, 2.05) is 42.5 Å². The van der Waals surface area contributed by atoms with Crippen LogP contribution in [-0.4, -0.2) is 35.4 Å². The van der Waals surface area contributed by atoms with Crippen LogP contribution >= 0.6 is 11.6 Å². The first-order chi connectivity index (χ1) is 12.5. The van der Waals surface area contributed by atoms with Gasteiger partial charge < -0.3 is 10.0 Å². The second-order valence-corrected chi connectivity index (χ2v) is 8.03. The lowest BCUT2D eigenvalue weighted by Crippen LogP contribution is -2.45. The molecule has 1 N–H and O–H groups in total. The Morgan fingerprint density at radius 1 is 1.08 bits per heavy atom. The SMILES string of the molecule is O=C1c2ccccc2CCC1CN1CCC(O)(c2ccc(Cl)cc2)CC1. The molecule has 2 aliphatic rings. The summed E-state index contributed by atoms with van der Waals surface area (Å²) >= 11 is 5.96. The minimum Gasteiger partial charge on any atom is -0.385 e. The van der Waals surface area contributed by atoms with Gasteiger partial charge >= 0.3 is 0 Å². The number of hydrogen-bond donors (Lipinski definition) is 1. The van der Waals surface area contributed by atoms with Crippen molar-refractivity contribution in [3.05, 3.63) is 70.2 Å². The third-order valence-electron chi connectivity index (χ3n) is 5.96. The van der Waals surface area contributed by atoms with Crippen LogP contribution in [0.3, 0.4) is 0 Å². The minimum atomic E-state index is -0.787. The lowest BCUT2D eigenvalue weighted by molar-refractivity contribution is -0.0283. The van der Waals surface area contributed by atoms with Crippen LogP contribution in [0.15, 0.2) is 48.5 Å². The normalized spacial score (nSPS) is 22.8. The van der Waals surface area contributed by atoms with Gasteiger partial charge in [-0.1, -0.05) is 48.0 Å². The number of halogens is 1. The molecule has 1 aliphatic heterocycles. The maximum absolute atomic E-state index is 12.8. The van der Waals surface area contributed by atoms with Crippen molar-refractivity contribution in [1.29, 1.82) is 0 Å². The number of carbonyl (C=O) groups excluding carboxylic acids is 1. The predicted octanol–water partition coefficient (Wildman–Crippen LogP) is 4.07. The number of ketones is 1. The number of fused-ring (bicyclic) bond motifs is 1. The average Bonchev–Trinajstić information content (AvgIpc) is 2.66. The molecule has 1 fully saturated rings. The molecule has 1 heterocycles. The number of aryl methyl sites for hydroxylation is 1. The van der Waals surface area contributed by atoms with Crippen LogP contribution < -0.4 is 0 Å². The molecule has 0 aromatic heterocycles. The zero-order valence-corrected chi connectivity index (χ0v) is 15.6. The van der Waals surface area contributed by atoms with Crippen molar-refractivity contribution in [2.75, 3.05) is 19.6 Å². The van der Waals surface area contributed by atoms with Crippen molar-refractivity contribution in [1.82, 2.24) is 4.90 Å². The molecule has 136 valence electrons. The van der Waals surface area contributed by atoms with E-state index in [-0.39, 0.29) is 11.7 Å². The summed E-state index contributed by atoms with van der Waals surface area (Å²) in [5.41, 5.74) is 2.23. The van der Waals surface area contributed by atoms with Crippen molar-refractivity contribution in [3.63, 3.8) is 0 Å². The number of hydrogen-bond acceptors (Lipinski definition) is 3. The summed E-state index contributed by atoms with van der Waals surface area (Å²) in [5.74, 6) is 0.358. The Balaban J connectivity index is 1.39. The van der Waals surface area contributed by atoms with Gasteiger partial charge in [-0.25, -0.2) is 0 Å². The van der Waals surface area contributed by atoms with Crippen LogP contribution in [0.1, 0.15) is 40.7 Å². The van der Waals surface area contributed by atoms with E-state index < -0.39 is 5.60 Å². The Hall–Kier alpha value is -1.68. The summed E-state index contributed by atoms with van der Waals surface area (Å²) in [6, 6.07) is 15.5. The third kappa shape index (κ3) is 3.44. The number of carbonyl (C=O) groups is 1. The highest BCUT2D eigenvalue weighted by Gasteiger charge is 2.36. The summed E-state index contributed by atoms with van der Waals surface area (Å²) in [5, 5.41) is 11.7. The molecule has 3 nitrogen and oxygen atoms in total. The Bertz CT molecular complexity index is 794. The first-order valence-electron chi connectivity index (χ1n) is 9.38. The van der Waals surface area contributed by atoms with E-state index in [2.05, 4.69) is 11.0 Å². The Kier molecular flexibility index (Phi) is 4.87. The van der Waals surface area contributed by atoms with Crippen LogP contribution in [0, 0.1) is 5.92 Å². The first kappa shape index (κ1) is 17.7. The smallest absolute Gasteiger partial charge is 0.167 e. The molecular formula is C22H24ClNO2. The number of rotatable bonds is 3. The molecule has 4 heteroatoms. The fraction of sp³-hybridized carbons (Fsp3) is 0.409. The number of likely N-dealkylation sites (tertiary alicyclic amines) is 1. The molecule has 0 saturated carbocycles. The Labute approximate surface area is 159 Å². The highest BCUT2D eigenvalue weighted by atomic mass is 35.5. The molecule has 1 atom stereocenters. The Morgan fingerprint density at radius 3 is 2.50 bits per heavy atom. The second-order valence-electron chi connectivity index (χ2n) is 7.60. The standard InChI is InChI=1S/C22H24ClNO2/c23-19-9-7-18(8-10-19)22(26)11-13-24(14-12-22)15-17-6-5-16-3-1-2-4-20(16)21(17)25/h1-4,7-10,17,26H,5-6,11-15H2. The van der Waals surface area contributed by atoms with Crippen molar-refractivity contribution in [2.45, 2.75) is 31.3 Å². The number of Topliss-reactive ketones (excluding diaryl/α,β-unsaturated/α-hetero) is 1. The molecule has 4 rings (SSSR count). The van der Waals surface area contributed by atoms with Gasteiger partial charge in [0.1, 0.15) is 0 Å². The molecule has 1 unspecified atom stereocenters. The lowest BCUT2D eigenvalue weighted by Gasteiger charge is -2.40. The monoisotopic (exact) mass is 369 g/mol. The molecule has 2 aromatic carbocycles. The van der Waals surface area contributed by atoms with Crippen molar-refractivity contribution in [2.24, 2.45) is 5.92 Å². The number of aliphatic hydroxyl groups is 1. The van der Waals surface area contributed by atoms with Gasteiger partial charge in [0.25, 0.3) is 0 Å². The van der Waals surface area contributed by atoms with Crippen molar-refractivity contribution < 1.29 is 9.90 Å². The van der Waals surface area contributed by atoms with E-state index in [0.29, 0.717) is 17.9 Å². The fourth-order valence-electron chi connectivity index (χ4n) is 4.30. The lowest BCUT2D eigenvalue weighted by atomic mass is 9.81. The van der Waals surface area contributed by atoms with Crippen LogP contribution in [0.2, 0.25) is 5.02 Å². The van der Waals surface area contributed by atoms with Crippen LogP contribution in [0.5, 0.6) is 0 Å². The number of nitrogens with zero attached hydrogens (tertiary/aromatic N) is 1. The molecule has 1 aliphatic carbocycles. The molecule has 1 saturated heterocycles. The molecule has 0 spiro atoms. The summed E-state index contributed by atoms with van der Waals surface area (Å²) in [7, 11) is 0. The van der Waals surface area contributed by atoms with Gasteiger partial charge in [0, 0.05) is 36.1 Å². The Morgan fingerprint density at radius 2 is 1.77 bits per heavy atom. The predicted molar refractivity (Wildman–Crippen MR) is 104 cm³/mol. The third-order valence-corrected chi connectivity index (χ3v) is 6.21. The number of benzene rings is 2. The first-order valence-corrected chi connectivity index (χ1v) is 9.76. The van der Waals surface area contributed by atoms with E-state index in [0.717, 1.165) is 43.6 Å². The largest absolute Gasteiger partial charge is 0.385 e. The van der Waals surface area contributed by atoms with E-state index in [1.54, 1.807) is 0 Å². The number of piperidine rings is 1. The highest BCUT2D eigenvalue weighted by Crippen LogP contribution is 2.34. The molecular weight excluding hydrogens is 346 g/mol. The summed E-state index contributed by atoms with van der Waals surface area (Å²) in [6.45, 7) is 2.42. The van der Waals surface area contributed by atoms with Gasteiger partial charge in [0.15, 0.2) is 5.78 Å². The van der Waals surface area contributed by atoms with Gasteiger partial charge in [0.05, 0.1) is 5.60 Å². The average molecular weight is 370 g/mol. The van der Waals surface area contributed by atoms with Crippen molar-refractivity contribution in [3.8, 4) is 0 Å². The van der Waals surface area contributed by atoms with E-state index in [1.165, 1.54) is 5.56 Å². The molecule has 2 aromatic rings. The highest BCUT2D eigenvalue weighted by molar-refractivity contribution is 6.30. The summed E-state index contributed by atoms with van der Waals surface area (Å²) in [6.07, 6.45) is 3.28. The van der Waals surface area contributed by atoms with Gasteiger partial charge in [0.2, 0.25) is 0 Å². The fourth-order valence-corrected chi connectivity index (χ4v) is 4.43. The maximum Gasteiger partial charge on any atom is 0.167 e. The van der Waals surface area contributed by atoms with Gasteiger partial charge in [-0.3, -0.25) is 4.79 Å². The molecule has 0 radical (unpaired) electrons. The molecule has 0 amide bonds. The zero-order valence-electron chi connectivity index (χ0n) is 14.8. The summed E-state index contributed by atoms with van der Waals surface area (Å²) in [4.78, 5) is 15.1. The van der Waals surface area contributed by atoms with E-state index >= 15 is 0 Å². The van der Waals surface area contributed by atoms with E-state index in [4.69, 9.17) is 11.6 Å². The van der Waals surface area contributed by atoms with Gasteiger partial charge in [-0.2, -0.15) is 0 Å². The quantitative estimate of drug-likeness (QED) is 0.886. The second kappa shape index (κ2) is 7.15. The molecule has 0 bridgehead atoms. The minimum absolute atomic E-state index is 0.0756. The van der Waals surface area contributed by atoms with Crippen LogP contribution in [-0.2, 0) is 12.0 Å². The molecule has 26 heavy (non-hydrogen) atoms. The van der Waals surface area contributed by atoms with Gasteiger partial charge in [-0.15, -0.1) is 0 Å². The van der Waals surface area contributed by atoms with Crippen LogP contribution in [0.4, 0.5) is 0 Å². The maximum atomic E-state index is 12.8. The van der Waals surface area contributed by atoms with E-state index in [9.17, 15) is 9.90 Å².